The summed E-state index contributed by atoms with van der Waals surface area (Å²) in [6.07, 6.45) is 0. The molecule has 0 saturated heterocycles. The first kappa shape index (κ1) is 10.4. The van der Waals surface area contributed by atoms with E-state index in [1.807, 2.05) is 12.1 Å². The number of rotatable bonds is 2. The van der Waals surface area contributed by atoms with Gasteiger partial charge in [-0.05, 0) is 11.6 Å². The van der Waals surface area contributed by atoms with Gasteiger partial charge < -0.3 is 16.5 Å². The molecule has 4 nitrogen and oxygen atoms in total. The number of carbonyl (C=O) groups is 1. The van der Waals surface area contributed by atoms with Crippen molar-refractivity contribution in [2.45, 2.75) is 0 Å². The Morgan fingerprint density at radius 2 is 1.88 bits per heavy atom. The van der Waals surface area contributed by atoms with Crippen LogP contribution in [0.25, 0.3) is 11.3 Å². The fraction of sp³-hybridized carbons (Fsp3) is 0. The second kappa shape index (κ2) is 3.77. The molecule has 5 N–H and O–H groups in total. The van der Waals surface area contributed by atoms with Gasteiger partial charge in [-0.1, -0.05) is 29.7 Å². The van der Waals surface area contributed by atoms with E-state index in [0.717, 1.165) is 11.3 Å². The summed E-state index contributed by atoms with van der Waals surface area (Å²) < 4.78 is 0. The van der Waals surface area contributed by atoms with Crippen LogP contribution in [0.5, 0.6) is 0 Å². The molecule has 5 heteroatoms. The number of hydrogen-bond donors (Lipinski definition) is 3. The van der Waals surface area contributed by atoms with Crippen molar-refractivity contribution >= 4 is 25.0 Å². The third-order valence-electron chi connectivity index (χ3n) is 2.34. The minimum Gasteiger partial charge on any atom is -0.385 e. The van der Waals surface area contributed by atoms with Crippen LogP contribution in [0.2, 0.25) is 0 Å². The summed E-state index contributed by atoms with van der Waals surface area (Å²) in [5.41, 5.74) is 13.4. The molecule has 0 fully saturated rings. The molecule has 0 aliphatic heterocycles. The summed E-state index contributed by atoms with van der Waals surface area (Å²) in [4.78, 5) is 13.9. The van der Waals surface area contributed by atoms with Gasteiger partial charge in [0.25, 0.3) is 5.91 Å². The largest absolute Gasteiger partial charge is 0.385 e. The van der Waals surface area contributed by atoms with Crippen LogP contribution in [0.3, 0.4) is 0 Å². The minimum absolute atomic E-state index is 0.277. The molecular formula is C11H10BN3O. The number of nitrogens with two attached hydrogens (primary N) is 2. The van der Waals surface area contributed by atoms with Crippen molar-refractivity contribution in [3.63, 3.8) is 0 Å². The lowest BCUT2D eigenvalue weighted by molar-refractivity contribution is 0.100. The van der Waals surface area contributed by atoms with Gasteiger partial charge in [-0.3, -0.25) is 4.79 Å². The normalized spacial score (nSPS) is 10.2. The highest BCUT2D eigenvalue weighted by Gasteiger charge is 2.10. The number of nitrogen functional groups attached to an aromatic ring is 1. The van der Waals surface area contributed by atoms with Crippen molar-refractivity contribution in [3.05, 3.63) is 35.9 Å². The Morgan fingerprint density at radius 3 is 2.38 bits per heavy atom. The summed E-state index contributed by atoms with van der Waals surface area (Å²) in [5, 5.41) is 0. The maximum Gasteiger partial charge on any atom is 0.252 e. The lowest BCUT2D eigenvalue weighted by atomic mass is 9.95. The number of benzene rings is 1. The molecule has 2 rings (SSSR count). The van der Waals surface area contributed by atoms with Crippen LogP contribution in [-0.2, 0) is 0 Å². The lowest BCUT2D eigenvalue weighted by Gasteiger charge is -1.98. The molecule has 1 aromatic carbocycles. The van der Waals surface area contributed by atoms with E-state index < -0.39 is 5.91 Å². The number of hydrogen-bond acceptors (Lipinski definition) is 2. The van der Waals surface area contributed by atoms with Gasteiger partial charge >= 0.3 is 0 Å². The quantitative estimate of drug-likeness (QED) is 0.618. The van der Waals surface area contributed by atoms with Crippen molar-refractivity contribution in [2.24, 2.45) is 5.73 Å². The van der Waals surface area contributed by atoms with Crippen molar-refractivity contribution in [3.8, 4) is 11.3 Å². The highest BCUT2D eigenvalue weighted by atomic mass is 16.1. The molecule has 1 heterocycles. The van der Waals surface area contributed by atoms with Gasteiger partial charge in [0.1, 0.15) is 13.7 Å². The third kappa shape index (κ3) is 1.79. The molecule has 0 aliphatic rings. The van der Waals surface area contributed by atoms with Gasteiger partial charge in [0.05, 0.1) is 5.56 Å². The van der Waals surface area contributed by atoms with Crippen LogP contribution in [0.4, 0.5) is 5.82 Å². The Morgan fingerprint density at radius 1 is 1.25 bits per heavy atom. The second-order valence-corrected chi connectivity index (χ2v) is 3.50. The molecule has 0 unspecified atom stereocenters. The minimum atomic E-state index is -0.546. The van der Waals surface area contributed by atoms with Gasteiger partial charge in [0, 0.05) is 5.69 Å². The van der Waals surface area contributed by atoms with E-state index in [2.05, 4.69) is 4.98 Å². The maximum absolute atomic E-state index is 11.0. The van der Waals surface area contributed by atoms with E-state index in [1.54, 1.807) is 18.2 Å². The fourth-order valence-electron chi connectivity index (χ4n) is 1.49. The Balaban J connectivity index is 2.45. The van der Waals surface area contributed by atoms with Crippen LogP contribution in [-0.4, -0.2) is 18.7 Å². The SMILES string of the molecule is [B]c1ccc(-c2cc(C(N)=O)c(N)[nH]2)cc1. The molecule has 0 saturated carbocycles. The number of aromatic nitrogens is 1. The summed E-state index contributed by atoms with van der Waals surface area (Å²) in [6.45, 7) is 0. The van der Waals surface area contributed by atoms with E-state index in [-0.39, 0.29) is 5.82 Å². The van der Waals surface area contributed by atoms with Crippen LogP contribution < -0.4 is 16.9 Å². The number of amides is 1. The number of H-pyrrole nitrogens is 1. The molecule has 1 aromatic heterocycles. The first-order valence-corrected chi connectivity index (χ1v) is 4.72. The Kier molecular flexibility index (Phi) is 2.44. The van der Waals surface area contributed by atoms with E-state index in [1.165, 1.54) is 0 Å². The molecule has 78 valence electrons. The molecule has 2 aromatic rings. The van der Waals surface area contributed by atoms with Crippen LogP contribution in [0.1, 0.15) is 10.4 Å². The smallest absolute Gasteiger partial charge is 0.252 e. The molecule has 0 bridgehead atoms. The third-order valence-corrected chi connectivity index (χ3v) is 2.34. The standard InChI is InChI=1S/C11H10BN3O/c12-7-3-1-6(2-4-7)9-5-8(11(14)16)10(13)15-9/h1-5,15H,13H2,(H2,14,16). The second-order valence-electron chi connectivity index (χ2n) is 3.50. The van der Waals surface area contributed by atoms with Crippen LogP contribution in [0.15, 0.2) is 30.3 Å². The van der Waals surface area contributed by atoms with E-state index in [4.69, 9.17) is 19.3 Å². The average molecular weight is 211 g/mol. The van der Waals surface area contributed by atoms with Gasteiger partial charge in [-0.25, -0.2) is 0 Å². The van der Waals surface area contributed by atoms with Crippen molar-refractivity contribution in [1.29, 1.82) is 0 Å². The van der Waals surface area contributed by atoms with E-state index in [9.17, 15) is 4.79 Å². The van der Waals surface area contributed by atoms with Crippen molar-refractivity contribution in [2.75, 3.05) is 5.73 Å². The zero-order valence-electron chi connectivity index (χ0n) is 8.53. The molecular weight excluding hydrogens is 201 g/mol. The summed E-state index contributed by atoms with van der Waals surface area (Å²) in [7, 11) is 5.58. The van der Waals surface area contributed by atoms with Crippen LogP contribution >= 0.6 is 0 Å². The van der Waals surface area contributed by atoms with Gasteiger partial charge in [-0.2, -0.15) is 0 Å². The highest BCUT2D eigenvalue weighted by molar-refractivity contribution is 6.32. The predicted molar refractivity (Wildman–Crippen MR) is 64.5 cm³/mol. The predicted octanol–water partition coefficient (Wildman–Crippen LogP) is 0.157. The fourth-order valence-corrected chi connectivity index (χ4v) is 1.49. The lowest BCUT2D eigenvalue weighted by Crippen LogP contribution is -2.11. The Hall–Kier alpha value is -2.17. The topological polar surface area (TPSA) is 84.9 Å². The molecule has 0 atom stereocenters. The summed E-state index contributed by atoms with van der Waals surface area (Å²) in [5.74, 6) is -0.269. The zero-order chi connectivity index (χ0) is 11.7. The molecule has 16 heavy (non-hydrogen) atoms. The molecule has 2 radical (unpaired) electrons. The number of nitrogens with one attached hydrogen (secondary N) is 1. The van der Waals surface area contributed by atoms with Gasteiger partial charge in [0.15, 0.2) is 0 Å². The van der Waals surface area contributed by atoms with Crippen molar-refractivity contribution in [1.82, 2.24) is 4.98 Å². The van der Waals surface area contributed by atoms with Gasteiger partial charge in [-0.15, -0.1) is 0 Å². The Labute approximate surface area is 94.1 Å². The molecule has 0 aliphatic carbocycles. The monoisotopic (exact) mass is 211 g/mol. The first-order chi connectivity index (χ1) is 7.58. The summed E-state index contributed by atoms with van der Waals surface area (Å²) in [6, 6.07) is 8.85. The summed E-state index contributed by atoms with van der Waals surface area (Å²) >= 11 is 0. The maximum atomic E-state index is 11.0. The number of primary amides is 1. The van der Waals surface area contributed by atoms with Crippen molar-refractivity contribution < 1.29 is 4.79 Å². The van der Waals surface area contributed by atoms with E-state index >= 15 is 0 Å². The average Bonchev–Trinajstić information content (AvgIpc) is 2.61. The molecule has 0 spiro atoms. The number of aromatic amines is 1. The van der Waals surface area contributed by atoms with Crippen LogP contribution in [0, 0.1) is 0 Å². The number of carbonyl (C=O) groups excluding carboxylic acids is 1. The molecule has 1 amide bonds. The number of anilines is 1. The van der Waals surface area contributed by atoms with Gasteiger partial charge in [0.2, 0.25) is 0 Å². The zero-order valence-corrected chi connectivity index (χ0v) is 8.53. The Bertz CT molecular complexity index is 531. The highest BCUT2D eigenvalue weighted by Crippen LogP contribution is 2.22. The first-order valence-electron chi connectivity index (χ1n) is 4.72. The van der Waals surface area contributed by atoms with E-state index in [0.29, 0.717) is 11.0 Å².